The van der Waals surface area contributed by atoms with Crippen LogP contribution in [0.4, 0.5) is 0 Å². The molecule has 0 bridgehead atoms. The maximum Gasteiger partial charge on any atom is 0.241 e. The number of rotatable bonds is 5. The second-order valence-electron chi connectivity index (χ2n) is 7.40. The molecular formula is C17H31N3O. The first-order chi connectivity index (χ1) is 10.2. The molecule has 1 saturated carbocycles. The number of nitrogens with one attached hydrogen (secondary N) is 1. The van der Waals surface area contributed by atoms with Gasteiger partial charge in [-0.3, -0.25) is 10.1 Å². The Morgan fingerprint density at radius 1 is 1.24 bits per heavy atom. The molecule has 1 N–H and O–H groups in total. The van der Waals surface area contributed by atoms with E-state index in [1.54, 1.807) is 0 Å². The van der Waals surface area contributed by atoms with Gasteiger partial charge >= 0.3 is 0 Å². The van der Waals surface area contributed by atoms with Crippen molar-refractivity contribution in [2.45, 2.75) is 64.1 Å². The van der Waals surface area contributed by atoms with Gasteiger partial charge in [0.05, 0.1) is 12.2 Å². The zero-order valence-corrected chi connectivity index (χ0v) is 13.7. The number of carbonyl (C=O) groups excluding carboxylic acids is 1. The van der Waals surface area contributed by atoms with Crippen molar-refractivity contribution in [3.63, 3.8) is 0 Å². The predicted octanol–water partition coefficient (Wildman–Crippen LogP) is 2.05. The quantitative estimate of drug-likeness (QED) is 0.843. The summed E-state index contributed by atoms with van der Waals surface area (Å²) in [6, 6.07) is 0.0831. The third kappa shape index (κ3) is 3.26. The van der Waals surface area contributed by atoms with Crippen LogP contribution in [0.1, 0.15) is 51.9 Å². The van der Waals surface area contributed by atoms with Gasteiger partial charge in [0.1, 0.15) is 0 Å². The number of likely N-dealkylation sites (tertiary alicyclic amines) is 1. The van der Waals surface area contributed by atoms with Gasteiger partial charge < -0.3 is 9.80 Å². The molecule has 2 heterocycles. The first-order valence-corrected chi connectivity index (χ1v) is 8.94. The monoisotopic (exact) mass is 293 g/mol. The van der Waals surface area contributed by atoms with Crippen LogP contribution in [0.15, 0.2) is 0 Å². The molecule has 0 aromatic carbocycles. The van der Waals surface area contributed by atoms with Gasteiger partial charge in [-0.25, -0.2) is 0 Å². The number of nitrogens with zero attached hydrogens (tertiary/aromatic N) is 2. The van der Waals surface area contributed by atoms with E-state index in [1.807, 2.05) is 0 Å². The van der Waals surface area contributed by atoms with Crippen LogP contribution in [0, 0.1) is 11.8 Å². The smallest absolute Gasteiger partial charge is 0.241 e. The number of hydrogen-bond acceptors (Lipinski definition) is 3. The average Bonchev–Trinajstić information content (AvgIpc) is 3.16. The summed E-state index contributed by atoms with van der Waals surface area (Å²) in [6.07, 6.45) is 8.92. The van der Waals surface area contributed by atoms with Crippen LogP contribution in [0.5, 0.6) is 0 Å². The van der Waals surface area contributed by atoms with Crippen molar-refractivity contribution in [2.24, 2.45) is 11.8 Å². The van der Waals surface area contributed by atoms with E-state index in [9.17, 15) is 4.79 Å². The van der Waals surface area contributed by atoms with Crippen LogP contribution < -0.4 is 5.32 Å². The highest BCUT2D eigenvalue weighted by molar-refractivity contribution is 5.84. The lowest BCUT2D eigenvalue weighted by Crippen LogP contribution is -2.45. The molecule has 3 aliphatic rings. The van der Waals surface area contributed by atoms with Gasteiger partial charge in [0.15, 0.2) is 0 Å². The Hall–Kier alpha value is -0.610. The Morgan fingerprint density at radius 2 is 2.00 bits per heavy atom. The van der Waals surface area contributed by atoms with Crippen molar-refractivity contribution in [1.82, 2.24) is 15.1 Å². The van der Waals surface area contributed by atoms with Gasteiger partial charge in [-0.05, 0) is 51.1 Å². The van der Waals surface area contributed by atoms with E-state index in [1.165, 1.54) is 38.6 Å². The van der Waals surface area contributed by atoms with E-state index in [0.29, 0.717) is 23.9 Å². The minimum atomic E-state index is 0.0831. The number of carbonyl (C=O) groups is 1. The van der Waals surface area contributed by atoms with Gasteiger partial charge in [0, 0.05) is 13.1 Å². The van der Waals surface area contributed by atoms with Crippen LogP contribution in [0.3, 0.4) is 0 Å². The molecule has 3 fully saturated rings. The van der Waals surface area contributed by atoms with Crippen LogP contribution in [0.2, 0.25) is 0 Å². The van der Waals surface area contributed by atoms with Gasteiger partial charge in [0.25, 0.3) is 0 Å². The van der Waals surface area contributed by atoms with Crippen molar-refractivity contribution in [3.8, 4) is 0 Å². The minimum Gasteiger partial charge on any atom is -0.325 e. The van der Waals surface area contributed by atoms with Crippen LogP contribution >= 0.6 is 0 Å². The zero-order valence-electron chi connectivity index (χ0n) is 13.7. The van der Waals surface area contributed by atoms with E-state index in [4.69, 9.17) is 0 Å². The molecule has 1 aliphatic carbocycles. The third-order valence-corrected chi connectivity index (χ3v) is 5.66. The summed E-state index contributed by atoms with van der Waals surface area (Å²) in [6.45, 7) is 5.48. The molecule has 3 atom stereocenters. The SMILES string of the molecule is CCCC1NC(C2CCCC2)N(CC2CCN(C)C2)C1=O. The van der Waals surface area contributed by atoms with E-state index < -0.39 is 0 Å². The largest absolute Gasteiger partial charge is 0.325 e. The number of amides is 1. The van der Waals surface area contributed by atoms with E-state index in [0.717, 1.165) is 25.9 Å². The van der Waals surface area contributed by atoms with Crippen molar-refractivity contribution < 1.29 is 4.79 Å². The fourth-order valence-electron chi connectivity index (χ4n) is 4.52. The first-order valence-electron chi connectivity index (χ1n) is 8.94. The molecular weight excluding hydrogens is 262 g/mol. The lowest BCUT2D eigenvalue weighted by Gasteiger charge is -2.31. The molecule has 0 aromatic rings. The van der Waals surface area contributed by atoms with E-state index in [-0.39, 0.29) is 6.04 Å². The molecule has 0 radical (unpaired) electrons. The summed E-state index contributed by atoms with van der Waals surface area (Å²) in [5, 5.41) is 3.68. The second-order valence-corrected chi connectivity index (χ2v) is 7.40. The van der Waals surface area contributed by atoms with Crippen LogP contribution in [-0.2, 0) is 4.79 Å². The Morgan fingerprint density at radius 3 is 2.62 bits per heavy atom. The Balaban J connectivity index is 1.68. The number of hydrogen-bond donors (Lipinski definition) is 1. The van der Waals surface area contributed by atoms with Crippen molar-refractivity contribution in [2.75, 3.05) is 26.7 Å². The third-order valence-electron chi connectivity index (χ3n) is 5.66. The molecule has 4 nitrogen and oxygen atoms in total. The molecule has 0 spiro atoms. The van der Waals surface area contributed by atoms with Gasteiger partial charge in [0.2, 0.25) is 5.91 Å². The highest BCUT2D eigenvalue weighted by Gasteiger charge is 2.43. The maximum atomic E-state index is 12.8. The molecule has 3 rings (SSSR count). The van der Waals surface area contributed by atoms with Crippen molar-refractivity contribution in [3.05, 3.63) is 0 Å². The Kier molecular flexibility index (Phi) is 4.85. The van der Waals surface area contributed by atoms with Gasteiger partial charge in [-0.2, -0.15) is 0 Å². The maximum absolute atomic E-state index is 12.8. The highest BCUT2D eigenvalue weighted by atomic mass is 16.2. The average molecular weight is 293 g/mol. The Labute approximate surface area is 129 Å². The van der Waals surface area contributed by atoms with E-state index in [2.05, 4.69) is 29.1 Å². The summed E-state index contributed by atoms with van der Waals surface area (Å²) in [5.74, 6) is 1.74. The summed E-state index contributed by atoms with van der Waals surface area (Å²) in [7, 11) is 2.19. The molecule has 21 heavy (non-hydrogen) atoms. The molecule has 120 valence electrons. The molecule has 4 heteroatoms. The normalized spacial score (nSPS) is 35.2. The lowest BCUT2D eigenvalue weighted by atomic mass is 10.0. The molecule has 3 unspecified atom stereocenters. The van der Waals surface area contributed by atoms with Gasteiger partial charge in [-0.15, -0.1) is 0 Å². The molecule has 0 aromatic heterocycles. The van der Waals surface area contributed by atoms with E-state index >= 15 is 0 Å². The topological polar surface area (TPSA) is 35.6 Å². The first kappa shape index (κ1) is 15.3. The van der Waals surface area contributed by atoms with Crippen LogP contribution in [-0.4, -0.2) is 54.6 Å². The zero-order chi connectivity index (χ0) is 14.8. The van der Waals surface area contributed by atoms with Crippen LogP contribution in [0.25, 0.3) is 0 Å². The Bertz CT molecular complexity index is 367. The fraction of sp³-hybridized carbons (Fsp3) is 0.941. The highest BCUT2D eigenvalue weighted by Crippen LogP contribution is 2.33. The molecule has 2 saturated heterocycles. The summed E-state index contributed by atoms with van der Waals surface area (Å²) in [5.41, 5.74) is 0. The summed E-state index contributed by atoms with van der Waals surface area (Å²) >= 11 is 0. The molecule has 1 amide bonds. The lowest BCUT2D eigenvalue weighted by molar-refractivity contribution is -0.131. The standard InChI is InChI=1S/C17H31N3O/c1-3-6-15-17(21)20(12-13-9-10-19(2)11-13)16(18-15)14-7-4-5-8-14/h13-16,18H,3-12H2,1-2H3. The summed E-state index contributed by atoms with van der Waals surface area (Å²) < 4.78 is 0. The van der Waals surface area contributed by atoms with Crippen molar-refractivity contribution in [1.29, 1.82) is 0 Å². The van der Waals surface area contributed by atoms with Gasteiger partial charge in [-0.1, -0.05) is 26.2 Å². The molecule has 2 aliphatic heterocycles. The minimum absolute atomic E-state index is 0.0831. The second kappa shape index (κ2) is 6.66. The predicted molar refractivity (Wildman–Crippen MR) is 84.9 cm³/mol. The fourth-order valence-corrected chi connectivity index (χ4v) is 4.52. The van der Waals surface area contributed by atoms with Crippen molar-refractivity contribution >= 4 is 5.91 Å². The summed E-state index contributed by atoms with van der Waals surface area (Å²) in [4.78, 5) is 17.4.